The molecule has 0 bridgehead atoms. The number of nitrogens with two attached hydrogens (primary N) is 1. The van der Waals surface area contributed by atoms with E-state index in [1.807, 2.05) is 4.90 Å². The van der Waals surface area contributed by atoms with Crippen molar-refractivity contribution in [3.8, 4) is 0 Å². The monoisotopic (exact) mass is 244 g/mol. The second-order valence-corrected chi connectivity index (χ2v) is 3.51. The van der Waals surface area contributed by atoms with E-state index in [-0.39, 0.29) is 6.54 Å². The van der Waals surface area contributed by atoms with Gasteiger partial charge < -0.3 is 24.5 Å². The SMILES string of the molecule is COCCCN(CCOC)c1nnc(CN)o1. The number of hydrogen-bond donors (Lipinski definition) is 1. The lowest BCUT2D eigenvalue weighted by atomic mass is 10.4. The predicted octanol–water partition coefficient (Wildman–Crippen LogP) is 0.0176. The Morgan fingerprint density at radius 3 is 2.53 bits per heavy atom. The topological polar surface area (TPSA) is 86.6 Å². The van der Waals surface area contributed by atoms with Crippen LogP contribution in [0.3, 0.4) is 0 Å². The summed E-state index contributed by atoms with van der Waals surface area (Å²) in [5, 5.41) is 7.79. The zero-order chi connectivity index (χ0) is 12.5. The van der Waals surface area contributed by atoms with Crippen molar-refractivity contribution >= 4 is 6.01 Å². The lowest BCUT2D eigenvalue weighted by Crippen LogP contribution is -2.29. The molecule has 1 aromatic rings. The highest BCUT2D eigenvalue weighted by atomic mass is 16.5. The fraction of sp³-hybridized carbons (Fsp3) is 0.800. The van der Waals surface area contributed by atoms with Crippen LogP contribution in [0.5, 0.6) is 0 Å². The van der Waals surface area contributed by atoms with Gasteiger partial charge in [0.25, 0.3) is 0 Å². The highest BCUT2D eigenvalue weighted by Gasteiger charge is 2.13. The number of anilines is 1. The minimum atomic E-state index is 0.253. The first kappa shape index (κ1) is 13.9. The summed E-state index contributed by atoms with van der Waals surface area (Å²) in [6, 6.07) is 0.485. The fourth-order valence-electron chi connectivity index (χ4n) is 1.36. The Kier molecular flexibility index (Phi) is 6.53. The molecule has 0 saturated carbocycles. The molecule has 1 heterocycles. The molecule has 0 aliphatic carbocycles. The van der Waals surface area contributed by atoms with Crippen LogP contribution in [-0.4, -0.2) is 50.7 Å². The van der Waals surface area contributed by atoms with Gasteiger partial charge in [-0.3, -0.25) is 0 Å². The van der Waals surface area contributed by atoms with Gasteiger partial charge in [-0.1, -0.05) is 5.10 Å². The molecule has 0 amide bonds. The third-order valence-electron chi connectivity index (χ3n) is 2.24. The van der Waals surface area contributed by atoms with Gasteiger partial charge in [-0.15, -0.1) is 5.10 Å². The maximum absolute atomic E-state index is 5.43. The molecule has 17 heavy (non-hydrogen) atoms. The number of rotatable bonds is 9. The van der Waals surface area contributed by atoms with E-state index in [1.165, 1.54) is 0 Å². The van der Waals surface area contributed by atoms with E-state index < -0.39 is 0 Å². The van der Waals surface area contributed by atoms with E-state index in [1.54, 1.807) is 14.2 Å². The molecule has 0 unspecified atom stereocenters. The summed E-state index contributed by atoms with van der Waals surface area (Å²) < 4.78 is 15.5. The minimum Gasteiger partial charge on any atom is -0.407 e. The number of nitrogens with zero attached hydrogens (tertiary/aromatic N) is 3. The Labute approximate surface area is 101 Å². The maximum atomic E-state index is 5.43. The van der Waals surface area contributed by atoms with Crippen molar-refractivity contribution in [1.82, 2.24) is 10.2 Å². The van der Waals surface area contributed by atoms with Gasteiger partial charge in [0.05, 0.1) is 13.2 Å². The zero-order valence-electron chi connectivity index (χ0n) is 10.4. The van der Waals surface area contributed by atoms with Crippen LogP contribution in [0, 0.1) is 0 Å². The standard InChI is InChI=1S/C10H20N4O3/c1-15-6-3-4-14(5-7-16-2)10-13-12-9(8-11)17-10/h3-8,11H2,1-2H3. The number of hydrogen-bond acceptors (Lipinski definition) is 7. The molecule has 0 radical (unpaired) electrons. The minimum absolute atomic E-state index is 0.253. The average Bonchev–Trinajstić information content (AvgIpc) is 2.82. The normalized spacial score (nSPS) is 10.8. The summed E-state index contributed by atoms with van der Waals surface area (Å²) in [6.07, 6.45) is 0.889. The van der Waals surface area contributed by atoms with Crippen molar-refractivity contribution in [2.24, 2.45) is 5.73 Å². The Morgan fingerprint density at radius 1 is 1.18 bits per heavy atom. The van der Waals surface area contributed by atoms with Gasteiger partial charge in [0, 0.05) is 33.9 Å². The van der Waals surface area contributed by atoms with E-state index in [4.69, 9.17) is 19.6 Å². The Hall–Kier alpha value is -1.18. The largest absolute Gasteiger partial charge is 0.407 e. The van der Waals surface area contributed by atoms with Crippen molar-refractivity contribution < 1.29 is 13.9 Å². The molecule has 0 spiro atoms. The van der Waals surface area contributed by atoms with Crippen LogP contribution in [0.15, 0.2) is 4.42 Å². The second-order valence-electron chi connectivity index (χ2n) is 3.51. The van der Waals surface area contributed by atoms with E-state index >= 15 is 0 Å². The molecule has 7 heteroatoms. The molecular formula is C10H20N4O3. The van der Waals surface area contributed by atoms with Gasteiger partial charge >= 0.3 is 6.01 Å². The molecule has 0 aromatic carbocycles. The number of aromatic nitrogens is 2. The summed E-state index contributed by atoms with van der Waals surface area (Å²) >= 11 is 0. The Morgan fingerprint density at radius 2 is 1.94 bits per heavy atom. The quantitative estimate of drug-likeness (QED) is 0.612. The van der Waals surface area contributed by atoms with Crippen LogP contribution in [-0.2, 0) is 16.0 Å². The molecule has 0 aliphatic heterocycles. The third-order valence-corrected chi connectivity index (χ3v) is 2.24. The highest BCUT2D eigenvalue weighted by molar-refractivity contribution is 5.23. The van der Waals surface area contributed by atoms with Crippen molar-refractivity contribution in [2.45, 2.75) is 13.0 Å². The number of ether oxygens (including phenoxy) is 2. The van der Waals surface area contributed by atoms with Crippen LogP contribution in [0.25, 0.3) is 0 Å². The molecule has 0 saturated heterocycles. The fourth-order valence-corrected chi connectivity index (χ4v) is 1.36. The summed E-state index contributed by atoms with van der Waals surface area (Å²) in [6.45, 7) is 3.04. The van der Waals surface area contributed by atoms with Gasteiger partial charge in [-0.25, -0.2) is 0 Å². The highest BCUT2D eigenvalue weighted by Crippen LogP contribution is 2.12. The maximum Gasteiger partial charge on any atom is 0.318 e. The summed E-state index contributed by atoms with van der Waals surface area (Å²) in [5.74, 6) is 0.439. The Balaban J connectivity index is 2.54. The first-order valence-corrected chi connectivity index (χ1v) is 5.57. The van der Waals surface area contributed by atoms with E-state index in [0.717, 1.165) is 13.0 Å². The van der Waals surface area contributed by atoms with Gasteiger partial charge in [-0.2, -0.15) is 0 Å². The van der Waals surface area contributed by atoms with Crippen molar-refractivity contribution in [3.05, 3.63) is 5.89 Å². The Bertz CT molecular complexity index is 305. The molecule has 1 aromatic heterocycles. The summed E-state index contributed by atoms with van der Waals surface area (Å²) in [5.41, 5.74) is 5.43. The molecule has 0 fully saturated rings. The lowest BCUT2D eigenvalue weighted by molar-refractivity contribution is 0.189. The van der Waals surface area contributed by atoms with Gasteiger partial charge in [0.2, 0.25) is 5.89 Å². The van der Waals surface area contributed by atoms with Crippen LogP contribution >= 0.6 is 0 Å². The van der Waals surface area contributed by atoms with Crippen molar-refractivity contribution in [3.63, 3.8) is 0 Å². The molecule has 2 N–H and O–H groups in total. The van der Waals surface area contributed by atoms with E-state index in [0.29, 0.717) is 31.7 Å². The van der Waals surface area contributed by atoms with E-state index in [9.17, 15) is 0 Å². The average molecular weight is 244 g/mol. The molecule has 7 nitrogen and oxygen atoms in total. The second kappa shape index (κ2) is 7.99. The van der Waals surface area contributed by atoms with Crippen molar-refractivity contribution in [1.29, 1.82) is 0 Å². The van der Waals surface area contributed by atoms with Crippen LogP contribution < -0.4 is 10.6 Å². The smallest absolute Gasteiger partial charge is 0.318 e. The van der Waals surface area contributed by atoms with Crippen LogP contribution in [0.2, 0.25) is 0 Å². The molecule has 0 aliphatic rings. The van der Waals surface area contributed by atoms with Gasteiger partial charge in [0.1, 0.15) is 0 Å². The van der Waals surface area contributed by atoms with E-state index in [2.05, 4.69) is 10.2 Å². The number of methoxy groups -OCH3 is 2. The van der Waals surface area contributed by atoms with Gasteiger partial charge in [0.15, 0.2) is 0 Å². The molecule has 0 atom stereocenters. The summed E-state index contributed by atoms with van der Waals surface area (Å²) in [4.78, 5) is 1.97. The summed E-state index contributed by atoms with van der Waals surface area (Å²) in [7, 11) is 3.34. The molecule has 98 valence electrons. The lowest BCUT2D eigenvalue weighted by Gasteiger charge is -2.19. The first-order chi connectivity index (χ1) is 8.31. The van der Waals surface area contributed by atoms with Crippen LogP contribution in [0.1, 0.15) is 12.3 Å². The van der Waals surface area contributed by atoms with Crippen molar-refractivity contribution in [2.75, 3.05) is 45.4 Å². The zero-order valence-corrected chi connectivity index (χ0v) is 10.4. The van der Waals surface area contributed by atoms with Gasteiger partial charge in [-0.05, 0) is 6.42 Å². The molecular weight excluding hydrogens is 224 g/mol. The molecule has 1 rings (SSSR count). The van der Waals surface area contributed by atoms with Crippen LogP contribution in [0.4, 0.5) is 6.01 Å². The first-order valence-electron chi connectivity index (χ1n) is 5.57. The third kappa shape index (κ3) is 4.68. The predicted molar refractivity (Wildman–Crippen MR) is 62.8 cm³/mol.